The second-order valence-corrected chi connectivity index (χ2v) is 6.45. The van der Waals surface area contributed by atoms with Gasteiger partial charge in [0, 0.05) is 13.1 Å². The summed E-state index contributed by atoms with van der Waals surface area (Å²) >= 11 is 0. The highest BCUT2D eigenvalue weighted by Crippen LogP contribution is 2.27. The van der Waals surface area contributed by atoms with Crippen molar-refractivity contribution in [2.75, 3.05) is 33.4 Å². The van der Waals surface area contributed by atoms with E-state index in [1.54, 1.807) is 0 Å². The molecule has 1 aromatic carbocycles. The molecule has 0 radical (unpaired) electrons. The summed E-state index contributed by atoms with van der Waals surface area (Å²) in [5, 5.41) is 0. The Bertz CT molecular complexity index is 470. The lowest BCUT2D eigenvalue weighted by molar-refractivity contribution is -0.149. The number of hydrogen-bond acceptors (Lipinski definition) is 4. The van der Waals surface area contributed by atoms with Crippen molar-refractivity contribution in [2.24, 2.45) is 0 Å². The Morgan fingerprint density at radius 3 is 2.24 bits per heavy atom. The second kappa shape index (κ2) is 6.58. The van der Waals surface area contributed by atoms with Gasteiger partial charge in [-0.3, -0.25) is 4.90 Å². The average molecular weight is 291 g/mol. The first-order valence-electron chi connectivity index (χ1n) is 7.43. The van der Waals surface area contributed by atoms with Gasteiger partial charge in [0.05, 0.1) is 20.3 Å². The minimum Gasteiger partial charge on any atom is -0.468 e. The number of ether oxygens (including phenoxy) is 2. The predicted molar refractivity (Wildman–Crippen MR) is 82.3 cm³/mol. The van der Waals surface area contributed by atoms with Crippen LogP contribution in [0.2, 0.25) is 0 Å². The molecule has 0 bridgehead atoms. The zero-order chi connectivity index (χ0) is 15.5. The van der Waals surface area contributed by atoms with E-state index in [2.05, 4.69) is 37.8 Å². The van der Waals surface area contributed by atoms with Gasteiger partial charge in [-0.25, -0.2) is 4.79 Å². The van der Waals surface area contributed by atoms with Gasteiger partial charge in [0.15, 0.2) is 0 Å². The zero-order valence-electron chi connectivity index (χ0n) is 13.4. The van der Waals surface area contributed by atoms with Crippen molar-refractivity contribution in [1.82, 2.24) is 4.90 Å². The largest absolute Gasteiger partial charge is 0.468 e. The van der Waals surface area contributed by atoms with E-state index in [-0.39, 0.29) is 17.4 Å². The third-order valence-electron chi connectivity index (χ3n) is 3.93. The first-order valence-corrected chi connectivity index (χ1v) is 7.43. The minimum absolute atomic E-state index is 0.109. The number of rotatable bonds is 3. The van der Waals surface area contributed by atoms with Crippen LogP contribution in [0.4, 0.5) is 0 Å². The molecular weight excluding hydrogens is 266 g/mol. The van der Waals surface area contributed by atoms with E-state index >= 15 is 0 Å². The molecular formula is C17H25NO3. The molecule has 4 heteroatoms. The molecule has 1 aliphatic rings. The Kier molecular flexibility index (Phi) is 5.01. The van der Waals surface area contributed by atoms with Crippen LogP contribution in [0.3, 0.4) is 0 Å². The Hall–Kier alpha value is -1.39. The molecule has 0 spiro atoms. The van der Waals surface area contributed by atoms with Gasteiger partial charge in [-0.05, 0) is 16.5 Å². The van der Waals surface area contributed by atoms with E-state index in [0.717, 1.165) is 18.7 Å². The SMILES string of the molecule is COC(=O)C(c1ccc(C(C)(C)C)cc1)N1CCOCC1. The molecule has 0 N–H and O–H groups in total. The predicted octanol–water partition coefficient (Wildman–Crippen LogP) is 2.53. The smallest absolute Gasteiger partial charge is 0.327 e. The van der Waals surface area contributed by atoms with Gasteiger partial charge in [-0.1, -0.05) is 45.0 Å². The third-order valence-corrected chi connectivity index (χ3v) is 3.93. The van der Waals surface area contributed by atoms with E-state index in [1.165, 1.54) is 12.7 Å². The first-order chi connectivity index (χ1) is 9.93. The highest BCUT2D eigenvalue weighted by atomic mass is 16.5. The lowest BCUT2D eigenvalue weighted by Crippen LogP contribution is -2.42. The number of morpholine rings is 1. The van der Waals surface area contributed by atoms with Crippen molar-refractivity contribution in [1.29, 1.82) is 0 Å². The van der Waals surface area contributed by atoms with Crippen LogP contribution in [-0.4, -0.2) is 44.3 Å². The molecule has 2 rings (SSSR count). The fraction of sp³-hybridized carbons (Fsp3) is 0.588. The van der Waals surface area contributed by atoms with E-state index in [9.17, 15) is 4.79 Å². The van der Waals surface area contributed by atoms with Crippen molar-refractivity contribution >= 4 is 5.97 Å². The van der Waals surface area contributed by atoms with E-state index < -0.39 is 0 Å². The molecule has 1 saturated heterocycles. The van der Waals surface area contributed by atoms with Crippen LogP contribution in [0.5, 0.6) is 0 Å². The molecule has 4 nitrogen and oxygen atoms in total. The first kappa shape index (κ1) is 16.0. The summed E-state index contributed by atoms with van der Waals surface area (Å²) in [7, 11) is 1.44. The van der Waals surface area contributed by atoms with Gasteiger partial charge in [0.1, 0.15) is 6.04 Å². The highest BCUT2D eigenvalue weighted by Gasteiger charge is 2.30. The molecule has 0 amide bonds. The summed E-state index contributed by atoms with van der Waals surface area (Å²) in [6.45, 7) is 9.37. The summed E-state index contributed by atoms with van der Waals surface area (Å²) in [6.07, 6.45) is 0. The molecule has 0 saturated carbocycles. The maximum absolute atomic E-state index is 12.2. The molecule has 1 unspecified atom stereocenters. The number of esters is 1. The lowest BCUT2D eigenvalue weighted by Gasteiger charge is -2.33. The van der Waals surface area contributed by atoms with Crippen molar-refractivity contribution in [2.45, 2.75) is 32.2 Å². The average Bonchev–Trinajstić information content (AvgIpc) is 2.48. The summed E-state index contributed by atoms with van der Waals surface area (Å²) in [5.41, 5.74) is 2.35. The normalized spacial score (nSPS) is 18.3. The Morgan fingerprint density at radius 1 is 1.19 bits per heavy atom. The number of nitrogens with zero attached hydrogens (tertiary/aromatic N) is 1. The number of methoxy groups -OCH3 is 1. The molecule has 1 fully saturated rings. The summed E-state index contributed by atoms with van der Waals surface area (Å²) in [4.78, 5) is 14.3. The fourth-order valence-electron chi connectivity index (χ4n) is 2.61. The number of carbonyl (C=O) groups is 1. The molecule has 0 aliphatic carbocycles. The quantitative estimate of drug-likeness (QED) is 0.802. The van der Waals surface area contributed by atoms with E-state index in [0.29, 0.717) is 13.2 Å². The minimum atomic E-state index is -0.340. The maximum Gasteiger partial charge on any atom is 0.327 e. The van der Waals surface area contributed by atoms with Crippen molar-refractivity contribution in [3.8, 4) is 0 Å². The Balaban J connectivity index is 2.26. The van der Waals surface area contributed by atoms with Gasteiger partial charge in [-0.15, -0.1) is 0 Å². The van der Waals surface area contributed by atoms with Crippen LogP contribution in [0, 0.1) is 0 Å². The number of carbonyl (C=O) groups excluding carboxylic acids is 1. The van der Waals surface area contributed by atoms with Crippen LogP contribution in [0.25, 0.3) is 0 Å². The van der Waals surface area contributed by atoms with Gasteiger partial charge in [-0.2, -0.15) is 0 Å². The fourth-order valence-corrected chi connectivity index (χ4v) is 2.61. The molecule has 1 aromatic rings. The number of benzene rings is 1. The van der Waals surface area contributed by atoms with Crippen LogP contribution < -0.4 is 0 Å². The lowest BCUT2D eigenvalue weighted by atomic mass is 9.86. The van der Waals surface area contributed by atoms with Crippen LogP contribution in [-0.2, 0) is 19.7 Å². The van der Waals surface area contributed by atoms with Crippen molar-refractivity contribution in [3.63, 3.8) is 0 Å². The summed E-state index contributed by atoms with van der Waals surface area (Å²) < 4.78 is 10.4. The van der Waals surface area contributed by atoms with E-state index in [1.807, 2.05) is 12.1 Å². The summed E-state index contributed by atoms with van der Waals surface area (Å²) in [5.74, 6) is -0.208. The standard InChI is InChI=1S/C17H25NO3/c1-17(2,3)14-7-5-13(6-8-14)15(16(19)20-4)18-9-11-21-12-10-18/h5-8,15H,9-12H2,1-4H3. The Labute approximate surface area is 127 Å². The number of hydrogen-bond donors (Lipinski definition) is 0. The molecule has 1 atom stereocenters. The second-order valence-electron chi connectivity index (χ2n) is 6.45. The highest BCUT2D eigenvalue weighted by molar-refractivity contribution is 5.77. The molecule has 0 aromatic heterocycles. The topological polar surface area (TPSA) is 38.8 Å². The Morgan fingerprint density at radius 2 is 1.76 bits per heavy atom. The van der Waals surface area contributed by atoms with Crippen LogP contribution in [0.1, 0.15) is 37.9 Å². The van der Waals surface area contributed by atoms with Gasteiger partial charge < -0.3 is 9.47 Å². The molecule has 116 valence electrons. The van der Waals surface area contributed by atoms with Gasteiger partial charge in [0.25, 0.3) is 0 Å². The maximum atomic E-state index is 12.2. The van der Waals surface area contributed by atoms with Crippen LogP contribution in [0.15, 0.2) is 24.3 Å². The molecule has 21 heavy (non-hydrogen) atoms. The zero-order valence-corrected chi connectivity index (χ0v) is 13.4. The van der Waals surface area contributed by atoms with Gasteiger partial charge >= 0.3 is 5.97 Å². The van der Waals surface area contributed by atoms with Crippen molar-refractivity contribution < 1.29 is 14.3 Å². The van der Waals surface area contributed by atoms with Crippen molar-refractivity contribution in [3.05, 3.63) is 35.4 Å². The van der Waals surface area contributed by atoms with Crippen LogP contribution >= 0.6 is 0 Å². The summed E-state index contributed by atoms with van der Waals surface area (Å²) in [6, 6.07) is 7.94. The van der Waals surface area contributed by atoms with Gasteiger partial charge in [0.2, 0.25) is 0 Å². The van der Waals surface area contributed by atoms with E-state index in [4.69, 9.17) is 9.47 Å². The molecule has 1 aliphatic heterocycles. The molecule has 1 heterocycles. The third kappa shape index (κ3) is 3.83. The monoisotopic (exact) mass is 291 g/mol.